The van der Waals surface area contributed by atoms with E-state index in [1.165, 1.54) is 46.9 Å². The van der Waals surface area contributed by atoms with Gasteiger partial charge in [-0.2, -0.15) is 0 Å². The zero-order chi connectivity index (χ0) is 16.9. The molecule has 0 aliphatic rings. The zero-order valence-electron chi connectivity index (χ0n) is 14.9. The van der Waals surface area contributed by atoms with E-state index >= 15 is 0 Å². The van der Waals surface area contributed by atoms with Crippen LogP contribution in [0.1, 0.15) is 49.8 Å². The van der Waals surface area contributed by atoms with Gasteiger partial charge in [0.2, 0.25) is 0 Å². The summed E-state index contributed by atoms with van der Waals surface area (Å²) in [6.07, 6.45) is 7.12. The molecule has 0 fully saturated rings. The zero-order valence-corrected chi connectivity index (χ0v) is 14.9. The van der Waals surface area contributed by atoms with Crippen molar-refractivity contribution < 1.29 is 0 Å². The molecule has 0 bridgehead atoms. The van der Waals surface area contributed by atoms with Crippen molar-refractivity contribution in [1.29, 1.82) is 0 Å². The lowest BCUT2D eigenvalue weighted by molar-refractivity contribution is 0.616. The third-order valence-electron chi connectivity index (χ3n) is 4.83. The summed E-state index contributed by atoms with van der Waals surface area (Å²) in [5, 5.41) is 1.30. The number of aromatic nitrogens is 1. The first-order valence-electron chi connectivity index (χ1n) is 9.11. The number of rotatable bonds is 7. The van der Waals surface area contributed by atoms with Crippen LogP contribution in [0.2, 0.25) is 0 Å². The highest BCUT2D eigenvalue weighted by Crippen LogP contribution is 2.31. The highest BCUT2D eigenvalue weighted by atomic mass is 15.0. The van der Waals surface area contributed by atoms with Gasteiger partial charge >= 0.3 is 0 Å². The van der Waals surface area contributed by atoms with Crippen molar-refractivity contribution in [3.63, 3.8) is 0 Å². The predicted octanol–water partition coefficient (Wildman–Crippen LogP) is 6.46. The molecule has 1 nitrogen and oxygen atoms in total. The summed E-state index contributed by atoms with van der Waals surface area (Å²) in [6, 6.07) is 17.5. The van der Waals surface area contributed by atoms with Gasteiger partial charge in [-0.15, -0.1) is 0 Å². The lowest BCUT2D eigenvalue weighted by Gasteiger charge is -2.06. The molecule has 3 rings (SSSR count). The average molecular weight is 317 g/mol. The van der Waals surface area contributed by atoms with E-state index in [-0.39, 0.29) is 0 Å². The van der Waals surface area contributed by atoms with E-state index in [4.69, 9.17) is 0 Å². The summed E-state index contributed by atoms with van der Waals surface area (Å²) in [6.45, 7) is 9.92. The molecule has 124 valence electrons. The van der Waals surface area contributed by atoms with E-state index in [2.05, 4.69) is 79.7 Å². The maximum Gasteiger partial charge on any atom is 0.0486 e. The Kier molecular flexibility index (Phi) is 5.20. The van der Waals surface area contributed by atoms with Gasteiger partial charge < -0.3 is 4.57 Å². The number of benzene rings is 2. The average Bonchev–Trinajstić information content (AvgIpc) is 3.00. The molecule has 2 aromatic carbocycles. The summed E-state index contributed by atoms with van der Waals surface area (Å²) in [4.78, 5) is 0. The Morgan fingerprint density at radius 3 is 2.42 bits per heavy atom. The van der Waals surface area contributed by atoms with Gasteiger partial charge in [0, 0.05) is 29.2 Å². The largest absolute Gasteiger partial charge is 0.347 e. The van der Waals surface area contributed by atoms with Gasteiger partial charge in [0.25, 0.3) is 0 Å². The summed E-state index contributed by atoms with van der Waals surface area (Å²) < 4.78 is 2.39. The second-order valence-electron chi connectivity index (χ2n) is 6.49. The van der Waals surface area contributed by atoms with Crippen molar-refractivity contribution in [3.05, 3.63) is 78.0 Å². The Morgan fingerprint density at radius 1 is 0.958 bits per heavy atom. The molecule has 3 aromatic rings. The van der Waals surface area contributed by atoms with Gasteiger partial charge in [0.05, 0.1) is 0 Å². The molecule has 1 heteroatoms. The van der Waals surface area contributed by atoms with Crippen LogP contribution in [0.15, 0.2) is 61.3 Å². The summed E-state index contributed by atoms with van der Waals surface area (Å²) >= 11 is 0. The van der Waals surface area contributed by atoms with E-state index in [0.29, 0.717) is 0 Å². The standard InChI is InChI=1S/C23H27N/c1-4-6-9-16-24-17-22(21-10-7-8-11-23(21)24)18(3)20-14-12-19(5-2)13-15-20/h7-8,10-15,17H,3-6,9,16H2,1-2H3. The minimum Gasteiger partial charge on any atom is -0.347 e. The molecule has 0 spiro atoms. The Labute approximate surface area is 145 Å². The first kappa shape index (κ1) is 16.6. The third-order valence-corrected chi connectivity index (χ3v) is 4.83. The molecule has 0 unspecified atom stereocenters. The van der Waals surface area contributed by atoms with Gasteiger partial charge in [0.15, 0.2) is 0 Å². The highest BCUT2D eigenvalue weighted by molar-refractivity contribution is 5.96. The number of fused-ring (bicyclic) bond motifs is 1. The van der Waals surface area contributed by atoms with Gasteiger partial charge in [-0.3, -0.25) is 0 Å². The maximum atomic E-state index is 4.40. The van der Waals surface area contributed by atoms with Gasteiger partial charge in [-0.05, 0) is 35.6 Å². The van der Waals surface area contributed by atoms with Crippen molar-refractivity contribution in [3.8, 4) is 0 Å². The fourth-order valence-electron chi connectivity index (χ4n) is 3.30. The van der Waals surface area contributed by atoms with Crippen LogP contribution in [0, 0.1) is 0 Å². The highest BCUT2D eigenvalue weighted by Gasteiger charge is 2.12. The third kappa shape index (κ3) is 3.31. The summed E-state index contributed by atoms with van der Waals surface area (Å²) in [5.41, 5.74) is 6.27. The van der Waals surface area contributed by atoms with E-state index in [0.717, 1.165) is 18.5 Å². The molecule has 0 aliphatic carbocycles. The predicted molar refractivity (Wildman–Crippen MR) is 105 cm³/mol. The fraction of sp³-hybridized carbons (Fsp3) is 0.304. The number of unbranched alkanes of at least 4 members (excludes halogenated alkanes) is 2. The minimum atomic E-state index is 1.07. The molecular formula is C23H27N. The van der Waals surface area contributed by atoms with E-state index < -0.39 is 0 Å². The van der Waals surface area contributed by atoms with Crippen LogP contribution in [-0.2, 0) is 13.0 Å². The van der Waals surface area contributed by atoms with E-state index in [9.17, 15) is 0 Å². The lowest BCUT2D eigenvalue weighted by Crippen LogP contribution is -1.95. The lowest BCUT2D eigenvalue weighted by atomic mass is 9.98. The smallest absolute Gasteiger partial charge is 0.0486 e. The molecule has 0 N–H and O–H groups in total. The molecule has 24 heavy (non-hydrogen) atoms. The number of nitrogens with zero attached hydrogens (tertiary/aromatic N) is 1. The molecule has 0 radical (unpaired) electrons. The SMILES string of the molecule is C=C(c1ccc(CC)cc1)c1cn(CCCCC)c2ccccc12. The molecular weight excluding hydrogens is 290 g/mol. The maximum absolute atomic E-state index is 4.40. The van der Waals surface area contributed by atoms with Crippen LogP contribution in [0.4, 0.5) is 0 Å². The molecule has 0 saturated heterocycles. The van der Waals surface area contributed by atoms with E-state index in [1.807, 2.05) is 0 Å². The second kappa shape index (κ2) is 7.53. The fourth-order valence-corrected chi connectivity index (χ4v) is 3.30. The Hall–Kier alpha value is -2.28. The molecule has 0 amide bonds. The molecule has 0 atom stereocenters. The van der Waals surface area contributed by atoms with Crippen LogP contribution < -0.4 is 0 Å². The van der Waals surface area contributed by atoms with Gasteiger partial charge in [-0.1, -0.05) is 75.7 Å². The van der Waals surface area contributed by atoms with Crippen molar-refractivity contribution in [1.82, 2.24) is 4.57 Å². The molecule has 1 aromatic heterocycles. The number of hydrogen-bond acceptors (Lipinski definition) is 0. The van der Waals surface area contributed by atoms with Crippen molar-refractivity contribution in [2.24, 2.45) is 0 Å². The number of aryl methyl sites for hydroxylation is 2. The van der Waals surface area contributed by atoms with Crippen LogP contribution >= 0.6 is 0 Å². The normalized spacial score (nSPS) is 11.1. The van der Waals surface area contributed by atoms with Crippen molar-refractivity contribution in [2.45, 2.75) is 46.1 Å². The van der Waals surface area contributed by atoms with Crippen LogP contribution in [0.3, 0.4) is 0 Å². The molecule has 0 aliphatic heterocycles. The molecule has 0 saturated carbocycles. The number of hydrogen-bond donors (Lipinski definition) is 0. The summed E-state index contributed by atoms with van der Waals surface area (Å²) in [7, 11) is 0. The number of para-hydroxylation sites is 1. The van der Waals surface area contributed by atoms with Gasteiger partial charge in [-0.25, -0.2) is 0 Å². The van der Waals surface area contributed by atoms with Crippen LogP contribution in [0.25, 0.3) is 16.5 Å². The monoisotopic (exact) mass is 317 g/mol. The van der Waals surface area contributed by atoms with Crippen LogP contribution in [0.5, 0.6) is 0 Å². The van der Waals surface area contributed by atoms with Crippen LogP contribution in [-0.4, -0.2) is 4.57 Å². The molecule has 1 heterocycles. The Morgan fingerprint density at radius 2 is 1.71 bits per heavy atom. The van der Waals surface area contributed by atoms with Crippen molar-refractivity contribution >= 4 is 16.5 Å². The van der Waals surface area contributed by atoms with Gasteiger partial charge in [0.1, 0.15) is 0 Å². The van der Waals surface area contributed by atoms with Crippen molar-refractivity contribution in [2.75, 3.05) is 0 Å². The second-order valence-corrected chi connectivity index (χ2v) is 6.49. The summed E-state index contributed by atoms with van der Waals surface area (Å²) in [5.74, 6) is 0. The Balaban J connectivity index is 1.97. The first-order chi connectivity index (χ1) is 11.7. The Bertz CT molecular complexity index is 821. The quantitative estimate of drug-likeness (QED) is 0.441. The topological polar surface area (TPSA) is 4.93 Å². The first-order valence-corrected chi connectivity index (χ1v) is 9.11. The van der Waals surface area contributed by atoms with E-state index in [1.54, 1.807) is 0 Å². The minimum absolute atomic E-state index is 1.07.